The van der Waals surface area contributed by atoms with E-state index >= 15 is 0 Å². The Kier molecular flexibility index (Phi) is 6.61. The maximum atomic E-state index is 11.1. The lowest BCUT2D eigenvalue weighted by atomic mass is 9.85. The fraction of sp³-hybridized carbons (Fsp3) is 0.630. The lowest BCUT2D eigenvalue weighted by molar-refractivity contribution is 0.00215. The highest BCUT2D eigenvalue weighted by Crippen LogP contribution is 2.45. The van der Waals surface area contributed by atoms with E-state index in [0.717, 1.165) is 45.0 Å². The number of fused-ring (bicyclic) bond motifs is 1. The van der Waals surface area contributed by atoms with Gasteiger partial charge in [0.15, 0.2) is 0 Å². The molecular weight excluding hydrogens is 514 g/mol. The van der Waals surface area contributed by atoms with Gasteiger partial charge in [0.2, 0.25) is 10.9 Å². The summed E-state index contributed by atoms with van der Waals surface area (Å²) >= 11 is 1.59. The van der Waals surface area contributed by atoms with Gasteiger partial charge in [-0.15, -0.1) is 11.3 Å². The Bertz CT molecular complexity index is 1440. The van der Waals surface area contributed by atoms with E-state index in [4.69, 9.17) is 20.5 Å². The molecule has 11 nitrogen and oxygen atoms in total. The van der Waals surface area contributed by atoms with Crippen LogP contribution < -0.4 is 15.5 Å². The third-order valence-corrected chi connectivity index (χ3v) is 9.55. The van der Waals surface area contributed by atoms with Crippen molar-refractivity contribution in [2.24, 2.45) is 17.0 Å². The fourth-order valence-electron chi connectivity index (χ4n) is 5.81. The number of aromatic nitrogens is 4. The molecule has 3 aliphatic carbocycles. The van der Waals surface area contributed by atoms with Crippen molar-refractivity contribution in [3.63, 3.8) is 0 Å². The zero-order valence-electron chi connectivity index (χ0n) is 22.7. The van der Waals surface area contributed by atoms with Crippen molar-refractivity contribution in [3.8, 4) is 10.6 Å². The summed E-state index contributed by atoms with van der Waals surface area (Å²) in [6.45, 7) is 7.76. The molecule has 0 spiro atoms. The number of hydrogen-bond donors (Lipinski definition) is 5. The minimum absolute atomic E-state index is 0.261. The summed E-state index contributed by atoms with van der Waals surface area (Å²) in [5.41, 5.74) is 9.96. The number of aliphatic hydroxyl groups excluding tert-OH is 2. The average Bonchev–Trinajstić information content (AvgIpc) is 3.81. The molecule has 0 saturated heterocycles. The van der Waals surface area contributed by atoms with Crippen molar-refractivity contribution in [2.45, 2.75) is 95.5 Å². The number of aliphatic hydroxyl groups is 2. The van der Waals surface area contributed by atoms with Gasteiger partial charge in [-0.3, -0.25) is 4.98 Å². The van der Waals surface area contributed by atoms with Crippen molar-refractivity contribution < 1.29 is 10.2 Å². The normalized spacial score (nSPS) is 25.9. The smallest absolute Gasteiger partial charge is 0.225 e. The fourth-order valence-corrected chi connectivity index (χ4v) is 6.88. The van der Waals surface area contributed by atoms with Crippen LogP contribution in [-0.2, 0) is 0 Å². The van der Waals surface area contributed by atoms with E-state index < -0.39 is 23.8 Å². The number of hydrogen-bond acceptors (Lipinski definition) is 11. The van der Waals surface area contributed by atoms with Crippen molar-refractivity contribution >= 4 is 33.3 Å². The van der Waals surface area contributed by atoms with Crippen LogP contribution in [0.15, 0.2) is 17.4 Å². The zero-order chi connectivity index (χ0) is 27.5. The monoisotopic (exact) mass is 550 g/mol. The molecule has 0 radical (unpaired) electrons. The predicted molar refractivity (Wildman–Crippen MR) is 150 cm³/mol. The van der Waals surface area contributed by atoms with Crippen LogP contribution in [0.3, 0.4) is 0 Å². The number of pyridine rings is 1. The van der Waals surface area contributed by atoms with Crippen LogP contribution in [0.25, 0.3) is 20.8 Å². The largest absolute Gasteiger partial charge is 0.390 e. The Hall–Kier alpha value is -3.05. The van der Waals surface area contributed by atoms with Gasteiger partial charge in [-0.2, -0.15) is 4.98 Å². The summed E-state index contributed by atoms with van der Waals surface area (Å²) in [6, 6.07) is 1.78. The molecule has 6 rings (SSSR count). The Labute approximate surface area is 231 Å². The second-order valence-electron chi connectivity index (χ2n) is 11.9. The Morgan fingerprint density at radius 3 is 2.62 bits per heavy atom. The van der Waals surface area contributed by atoms with Crippen LogP contribution in [0, 0.1) is 24.3 Å². The molecule has 3 aliphatic rings. The van der Waals surface area contributed by atoms with Gasteiger partial charge >= 0.3 is 0 Å². The van der Waals surface area contributed by atoms with Gasteiger partial charge in [-0.25, -0.2) is 9.97 Å². The molecule has 3 fully saturated rings. The van der Waals surface area contributed by atoms with E-state index in [1.165, 1.54) is 12.8 Å². The van der Waals surface area contributed by atoms with Crippen LogP contribution in [-0.4, -0.2) is 60.0 Å². The number of thiazole rings is 1. The third kappa shape index (κ3) is 5.02. The van der Waals surface area contributed by atoms with E-state index in [0.29, 0.717) is 30.0 Å². The number of nitrogens with zero attached hydrogens (tertiary/aromatic N) is 6. The molecule has 206 valence electrons. The van der Waals surface area contributed by atoms with Crippen molar-refractivity contribution in [1.82, 2.24) is 24.8 Å². The first-order valence-electron chi connectivity index (χ1n) is 13.8. The molecule has 0 amide bonds. The van der Waals surface area contributed by atoms with E-state index in [9.17, 15) is 10.2 Å². The summed E-state index contributed by atoms with van der Waals surface area (Å²) in [6.07, 6.45) is 4.95. The lowest BCUT2D eigenvalue weighted by Crippen LogP contribution is -2.39. The molecule has 3 saturated carbocycles. The highest BCUT2D eigenvalue weighted by Gasteiger charge is 2.51. The van der Waals surface area contributed by atoms with E-state index in [2.05, 4.69) is 32.6 Å². The maximum Gasteiger partial charge on any atom is 0.225 e. The van der Waals surface area contributed by atoms with Crippen LogP contribution in [0.2, 0.25) is 0 Å². The van der Waals surface area contributed by atoms with E-state index in [-0.39, 0.29) is 12.0 Å². The molecular formula is C27H36N9O2S+. The second kappa shape index (κ2) is 9.85. The maximum absolute atomic E-state index is 11.1. The minimum Gasteiger partial charge on any atom is -0.390 e. The topological polar surface area (TPSA) is 166 Å². The molecule has 0 unspecified atom stereocenters. The lowest BCUT2D eigenvalue weighted by Gasteiger charge is -2.24. The number of aryl methyl sites for hydroxylation is 1. The van der Waals surface area contributed by atoms with Crippen LogP contribution >= 0.6 is 11.3 Å². The first-order valence-corrected chi connectivity index (χ1v) is 14.6. The van der Waals surface area contributed by atoms with Gasteiger partial charge < -0.3 is 20.8 Å². The first-order chi connectivity index (χ1) is 18.7. The molecule has 3 aromatic rings. The number of anilines is 2. The molecule has 0 aromatic carbocycles. The summed E-state index contributed by atoms with van der Waals surface area (Å²) in [5.74, 6) is 1.83. The minimum atomic E-state index is -1.04. The summed E-state index contributed by atoms with van der Waals surface area (Å²) in [4.78, 5) is 22.6. The molecule has 0 aliphatic heterocycles. The predicted octanol–water partition coefficient (Wildman–Crippen LogP) is 4.40. The molecule has 39 heavy (non-hydrogen) atoms. The summed E-state index contributed by atoms with van der Waals surface area (Å²) in [5, 5.41) is 33.7. The Morgan fingerprint density at radius 2 is 1.92 bits per heavy atom. The quantitative estimate of drug-likeness (QED) is 0.193. The highest BCUT2D eigenvalue weighted by molar-refractivity contribution is 7.21. The number of rotatable bonds is 9. The second-order valence-corrected chi connectivity index (χ2v) is 12.9. The zero-order valence-corrected chi connectivity index (χ0v) is 23.5. The SMILES string of the molecule is Cc1nc(N[C@H](C)C2CC2)nc(N[C@@H]2C[C@H](C(C)(C)N=[N+]=N)[C@@H](O)[C@H]2O)c1-c1nc2c(C3CC3)nccc2s1. The van der Waals surface area contributed by atoms with Gasteiger partial charge in [-0.1, -0.05) is 0 Å². The molecule has 5 N–H and O–H groups in total. The summed E-state index contributed by atoms with van der Waals surface area (Å²) < 4.78 is 1.08. The van der Waals surface area contributed by atoms with Gasteiger partial charge in [0.05, 0.1) is 33.8 Å². The third-order valence-electron chi connectivity index (χ3n) is 8.51. The standard InChI is InChI=1S/C27H36N9O2S/c1-12(14-5-6-14)30-26-31-13(2)19(25-33-21-18(39-25)9-10-29-20(21)15-7-8-15)24(34-26)32-17-11-16(22(37)23(17)38)27(3,4)35-36-28/h9-10,12,14-17,22-23,28,37-38H,5-8,11H2,1-4H3,(H2,30,31,32,34)/q+1/t12-,16+,17-,22-,23+/m1/s1. The van der Waals surface area contributed by atoms with Gasteiger partial charge in [0, 0.05) is 24.1 Å². The van der Waals surface area contributed by atoms with Crippen LogP contribution in [0.1, 0.15) is 70.2 Å². The molecule has 0 bridgehead atoms. The highest BCUT2D eigenvalue weighted by atomic mass is 32.1. The van der Waals surface area contributed by atoms with Crippen molar-refractivity contribution in [1.29, 1.82) is 5.53 Å². The summed E-state index contributed by atoms with van der Waals surface area (Å²) in [7, 11) is 0. The van der Waals surface area contributed by atoms with E-state index in [1.54, 1.807) is 11.3 Å². The first kappa shape index (κ1) is 26.2. The van der Waals surface area contributed by atoms with Crippen molar-refractivity contribution in [2.75, 3.05) is 10.6 Å². The van der Waals surface area contributed by atoms with Crippen molar-refractivity contribution in [3.05, 3.63) is 23.7 Å². The van der Waals surface area contributed by atoms with Gasteiger partial charge in [0.1, 0.15) is 38.6 Å². The van der Waals surface area contributed by atoms with Crippen LogP contribution in [0.4, 0.5) is 11.8 Å². The van der Waals surface area contributed by atoms with E-state index in [1.807, 2.05) is 33.0 Å². The Morgan fingerprint density at radius 1 is 1.15 bits per heavy atom. The molecule has 3 aromatic heterocycles. The average molecular weight is 551 g/mol. The van der Waals surface area contributed by atoms with Crippen LogP contribution in [0.5, 0.6) is 0 Å². The number of nitrogens with one attached hydrogen (secondary N) is 3. The molecule has 12 heteroatoms. The van der Waals surface area contributed by atoms with Gasteiger partial charge in [0.25, 0.3) is 0 Å². The van der Waals surface area contributed by atoms with Gasteiger partial charge in [-0.05, 0) is 71.8 Å². The Balaban J connectivity index is 1.39. The molecule has 5 atom stereocenters. The molecule has 3 heterocycles.